The van der Waals surface area contributed by atoms with Crippen molar-refractivity contribution >= 4 is 23.9 Å². The van der Waals surface area contributed by atoms with Gasteiger partial charge in [-0.15, -0.1) is 0 Å². The fraction of sp³-hybridized carbons (Fsp3) is 0.448. The number of carboxylic acids is 1. The lowest BCUT2D eigenvalue weighted by Gasteiger charge is -2.27. The maximum absolute atomic E-state index is 14.4. The number of likely N-dealkylation sites (tertiary alicyclic amines) is 1. The molecule has 3 rings (SSSR count). The summed E-state index contributed by atoms with van der Waals surface area (Å²) in [5.74, 6) is -2.54. The molecular weight excluding hydrogens is 524 g/mol. The second-order valence-electron chi connectivity index (χ2n) is 10.8. The Kier molecular flexibility index (Phi) is 10.2. The predicted molar refractivity (Wildman–Crippen MR) is 143 cm³/mol. The van der Waals surface area contributed by atoms with Crippen LogP contribution in [0.15, 0.2) is 48.5 Å². The van der Waals surface area contributed by atoms with Crippen LogP contribution in [0.1, 0.15) is 50.3 Å². The molecule has 40 heavy (non-hydrogen) atoms. The lowest BCUT2D eigenvalue weighted by atomic mass is 10.0. The molecule has 2 aromatic rings. The zero-order valence-corrected chi connectivity index (χ0v) is 22.8. The van der Waals surface area contributed by atoms with Crippen LogP contribution in [0.5, 0.6) is 0 Å². The maximum Gasteiger partial charge on any atom is 0.407 e. The summed E-state index contributed by atoms with van der Waals surface area (Å²) in [6.45, 7) is 4.88. The van der Waals surface area contributed by atoms with Crippen LogP contribution in [-0.2, 0) is 38.5 Å². The Morgan fingerprint density at radius 1 is 1.07 bits per heavy atom. The highest BCUT2D eigenvalue weighted by molar-refractivity contribution is 5.88. The number of carbonyl (C=O) groups excluding carboxylic acids is 3. The van der Waals surface area contributed by atoms with Gasteiger partial charge >= 0.3 is 12.1 Å². The zero-order chi connectivity index (χ0) is 29.4. The fourth-order valence-electron chi connectivity index (χ4n) is 4.47. The summed E-state index contributed by atoms with van der Waals surface area (Å²) < 4.78 is 34.1. The van der Waals surface area contributed by atoms with Crippen molar-refractivity contribution in [2.45, 2.75) is 76.9 Å². The Balaban J connectivity index is 1.67. The number of rotatable bonds is 10. The summed E-state index contributed by atoms with van der Waals surface area (Å²) in [4.78, 5) is 50.7. The molecular formula is C29H35F2N3O6. The number of hydrogen-bond donors (Lipinski definition) is 3. The minimum absolute atomic E-state index is 0.0146. The first kappa shape index (κ1) is 30.5. The minimum atomic E-state index is -1.40. The van der Waals surface area contributed by atoms with Crippen molar-refractivity contribution in [3.8, 4) is 0 Å². The van der Waals surface area contributed by atoms with Crippen LogP contribution in [0, 0.1) is 5.82 Å². The van der Waals surface area contributed by atoms with Gasteiger partial charge in [0.2, 0.25) is 11.8 Å². The third-order valence-electron chi connectivity index (χ3n) is 6.28. The van der Waals surface area contributed by atoms with Gasteiger partial charge in [-0.1, -0.05) is 42.5 Å². The molecule has 216 valence electrons. The number of alkyl halides is 1. The average molecular weight is 560 g/mol. The van der Waals surface area contributed by atoms with E-state index < -0.39 is 53.6 Å². The Bertz CT molecular complexity index is 1210. The van der Waals surface area contributed by atoms with Crippen LogP contribution in [0.4, 0.5) is 13.6 Å². The first-order valence-electron chi connectivity index (χ1n) is 13.0. The molecule has 1 aliphatic rings. The van der Waals surface area contributed by atoms with Crippen LogP contribution >= 0.6 is 0 Å². The molecule has 1 fully saturated rings. The van der Waals surface area contributed by atoms with E-state index >= 15 is 0 Å². The van der Waals surface area contributed by atoms with E-state index in [0.29, 0.717) is 11.1 Å². The summed E-state index contributed by atoms with van der Waals surface area (Å²) in [6.07, 6.45) is -2.79. The lowest BCUT2D eigenvalue weighted by Crippen LogP contribution is -2.48. The van der Waals surface area contributed by atoms with Gasteiger partial charge in [0.25, 0.3) is 0 Å². The number of amides is 3. The lowest BCUT2D eigenvalue weighted by molar-refractivity contribution is -0.139. The topological polar surface area (TPSA) is 125 Å². The van der Waals surface area contributed by atoms with E-state index in [1.807, 2.05) is 0 Å². The number of nitrogens with one attached hydrogen (secondary N) is 2. The molecule has 11 heteroatoms. The SMILES string of the molecule is CC(C)(C)OC(=O)N[C@@H](CC(=O)N1C[C@@H](F)C[C@H]1C(=O)NCc1ccc(CC(=O)O)cc1)Cc1ccccc1F. The first-order valence-corrected chi connectivity index (χ1v) is 13.0. The van der Waals surface area contributed by atoms with E-state index in [4.69, 9.17) is 9.84 Å². The van der Waals surface area contributed by atoms with Crippen molar-refractivity contribution in [2.75, 3.05) is 6.54 Å². The number of benzene rings is 2. The molecule has 1 saturated heterocycles. The number of alkyl carbamates (subject to hydrolysis) is 1. The normalized spacial score (nSPS) is 17.7. The summed E-state index contributed by atoms with van der Waals surface area (Å²) in [5, 5.41) is 14.2. The van der Waals surface area contributed by atoms with Crippen LogP contribution in [0.3, 0.4) is 0 Å². The Labute approximate surface area is 231 Å². The average Bonchev–Trinajstić information content (AvgIpc) is 3.25. The highest BCUT2D eigenvalue weighted by Crippen LogP contribution is 2.23. The number of carbonyl (C=O) groups is 4. The molecule has 0 saturated carbocycles. The molecule has 0 aromatic heterocycles. The predicted octanol–water partition coefficient (Wildman–Crippen LogP) is 3.53. The van der Waals surface area contributed by atoms with Crippen LogP contribution in [0.25, 0.3) is 0 Å². The van der Waals surface area contributed by atoms with Gasteiger partial charge in [-0.05, 0) is 49.9 Å². The molecule has 3 atom stereocenters. The third kappa shape index (κ3) is 9.32. The first-order chi connectivity index (χ1) is 18.8. The van der Waals surface area contributed by atoms with Crippen molar-refractivity contribution < 1.29 is 37.8 Å². The second kappa shape index (κ2) is 13.4. The molecule has 1 heterocycles. The van der Waals surface area contributed by atoms with E-state index in [9.17, 15) is 28.0 Å². The zero-order valence-electron chi connectivity index (χ0n) is 22.8. The van der Waals surface area contributed by atoms with Gasteiger partial charge < -0.3 is 25.4 Å². The fourth-order valence-corrected chi connectivity index (χ4v) is 4.47. The van der Waals surface area contributed by atoms with E-state index in [1.54, 1.807) is 57.2 Å². The van der Waals surface area contributed by atoms with Gasteiger partial charge in [-0.3, -0.25) is 14.4 Å². The van der Waals surface area contributed by atoms with Gasteiger partial charge in [0.15, 0.2) is 0 Å². The third-order valence-corrected chi connectivity index (χ3v) is 6.28. The maximum atomic E-state index is 14.4. The van der Waals surface area contributed by atoms with Crippen molar-refractivity contribution in [1.82, 2.24) is 15.5 Å². The number of carboxylic acid groups (broad SMARTS) is 1. The molecule has 3 amide bonds. The Morgan fingerprint density at radius 2 is 1.73 bits per heavy atom. The molecule has 0 spiro atoms. The van der Waals surface area contributed by atoms with Crippen molar-refractivity contribution in [2.24, 2.45) is 0 Å². The van der Waals surface area contributed by atoms with Crippen molar-refractivity contribution in [3.05, 3.63) is 71.0 Å². The van der Waals surface area contributed by atoms with Gasteiger partial charge in [-0.2, -0.15) is 0 Å². The molecule has 1 aliphatic heterocycles. The molecule has 3 N–H and O–H groups in total. The second-order valence-corrected chi connectivity index (χ2v) is 10.8. The number of halogens is 2. The highest BCUT2D eigenvalue weighted by Gasteiger charge is 2.40. The van der Waals surface area contributed by atoms with Gasteiger partial charge in [-0.25, -0.2) is 13.6 Å². The van der Waals surface area contributed by atoms with Gasteiger partial charge in [0.05, 0.1) is 13.0 Å². The largest absolute Gasteiger partial charge is 0.481 e. The van der Waals surface area contributed by atoms with Crippen LogP contribution in [-0.4, -0.2) is 64.3 Å². The van der Waals surface area contributed by atoms with E-state index in [2.05, 4.69) is 10.6 Å². The van der Waals surface area contributed by atoms with Crippen LogP contribution in [0.2, 0.25) is 0 Å². The number of aliphatic carboxylic acids is 1. The quantitative estimate of drug-likeness (QED) is 0.409. The van der Waals surface area contributed by atoms with Gasteiger partial charge in [0, 0.05) is 25.4 Å². The molecule has 9 nitrogen and oxygen atoms in total. The van der Waals surface area contributed by atoms with E-state index in [1.165, 1.54) is 12.1 Å². The van der Waals surface area contributed by atoms with Crippen molar-refractivity contribution in [1.29, 1.82) is 0 Å². The Hall–Kier alpha value is -4.02. The molecule has 2 aromatic carbocycles. The highest BCUT2D eigenvalue weighted by atomic mass is 19.1. The number of ether oxygens (including phenoxy) is 1. The monoisotopic (exact) mass is 559 g/mol. The molecule has 0 aliphatic carbocycles. The molecule has 0 bridgehead atoms. The standard InChI is InChI=1S/C29H35F2N3O6/c1-29(2,3)40-28(39)33-22(13-20-6-4-5-7-23(20)31)15-25(35)34-17-21(30)14-24(34)27(38)32-16-19-10-8-18(9-11-19)12-26(36)37/h4-11,21-22,24H,12-17H2,1-3H3,(H,32,38)(H,33,39)(H,36,37)/t21-,22+,24-/m0/s1. The van der Waals surface area contributed by atoms with E-state index in [0.717, 1.165) is 4.90 Å². The number of nitrogens with zero attached hydrogens (tertiary/aromatic N) is 1. The van der Waals surface area contributed by atoms with E-state index in [-0.39, 0.29) is 44.3 Å². The van der Waals surface area contributed by atoms with Crippen molar-refractivity contribution in [3.63, 3.8) is 0 Å². The van der Waals surface area contributed by atoms with Crippen LogP contribution < -0.4 is 10.6 Å². The summed E-state index contributed by atoms with van der Waals surface area (Å²) in [5.41, 5.74) is 0.805. The minimum Gasteiger partial charge on any atom is -0.481 e. The summed E-state index contributed by atoms with van der Waals surface area (Å²) in [6, 6.07) is 10.7. The number of hydrogen-bond acceptors (Lipinski definition) is 5. The molecule has 0 radical (unpaired) electrons. The summed E-state index contributed by atoms with van der Waals surface area (Å²) >= 11 is 0. The summed E-state index contributed by atoms with van der Waals surface area (Å²) in [7, 11) is 0. The smallest absolute Gasteiger partial charge is 0.407 e. The van der Waals surface area contributed by atoms with Gasteiger partial charge in [0.1, 0.15) is 23.6 Å². The Morgan fingerprint density at radius 3 is 2.35 bits per heavy atom. The molecule has 0 unspecified atom stereocenters.